The summed E-state index contributed by atoms with van der Waals surface area (Å²) in [6.45, 7) is 6.87. The quantitative estimate of drug-likeness (QED) is 0.853. The van der Waals surface area contributed by atoms with Gasteiger partial charge in [-0.25, -0.2) is 8.78 Å². The fourth-order valence-corrected chi connectivity index (χ4v) is 2.61. The minimum atomic E-state index is -0.774. The largest absolute Gasteiger partial charge is 0.312 e. The summed E-state index contributed by atoms with van der Waals surface area (Å²) < 4.78 is 26.5. The predicted molar refractivity (Wildman–Crippen MR) is 72.9 cm³/mol. The zero-order valence-corrected chi connectivity index (χ0v) is 11.5. The molecule has 1 aromatic carbocycles. The van der Waals surface area contributed by atoms with Gasteiger partial charge in [-0.1, -0.05) is 19.1 Å². The van der Waals surface area contributed by atoms with E-state index in [0.717, 1.165) is 19.2 Å². The Morgan fingerprint density at radius 2 is 2.00 bits per heavy atom. The van der Waals surface area contributed by atoms with Gasteiger partial charge in [0.25, 0.3) is 0 Å². The van der Waals surface area contributed by atoms with Crippen molar-refractivity contribution in [2.45, 2.75) is 26.3 Å². The molecule has 0 spiro atoms. The molecule has 0 bridgehead atoms. The SMILES string of the molecule is CC(CNCc1cccc(F)c1F)CN1CCCC1. The molecule has 0 saturated carbocycles. The lowest BCUT2D eigenvalue weighted by atomic mass is 10.1. The second kappa shape index (κ2) is 6.96. The summed E-state index contributed by atoms with van der Waals surface area (Å²) in [5.74, 6) is -0.985. The van der Waals surface area contributed by atoms with E-state index in [1.807, 2.05) is 0 Å². The Labute approximate surface area is 113 Å². The summed E-state index contributed by atoms with van der Waals surface area (Å²) in [7, 11) is 0. The van der Waals surface area contributed by atoms with E-state index in [-0.39, 0.29) is 0 Å². The van der Waals surface area contributed by atoms with Gasteiger partial charge in [-0.3, -0.25) is 0 Å². The van der Waals surface area contributed by atoms with Crippen LogP contribution >= 0.6 is 0 Å². The van der Waals surface area contributed by atoms with E-state index in [1.54, 1.807) is 12.1 Å². The molecule has 19 heavy (non-hydrogen) atoms. The lowest BCUT2D eigenvalue weighted by molar-refractivity contribution is 0.282. The third-order valence-electron chi connectivity index (χ3n) is 3.61. The van der Waals surface area contributed by atoms with Gasteiger partial charge in [0.05, 0.1) is 0 Å². The van der Waals surface area contributed by atoms with Crippen molar-refractivity contribution in [1.82, 2.24) is 10.2 Å². The molecule has 4 heteroatoms. The van der Waals surface area contributed by atoms with Crippen LogP contribution in [0.5, 0.6) is 0 Å². The van der Waals surface area contributed by atoms with Gasteiger partial charge in [0.2, 0.25) is 0 Å². The lowest BCUT2D eigenvalue weighted by Gasteiger charge is -2.20. The molecular weight excluding hydrogens is 246 g/mol. The second-order valence-electron chi connectivity index (χ2n) is 5.46. The van der Waals surface area contributed by atoms with Crippen LogP contribution in [0.2, 0.25) is 0 Å². The van der Waals surface area contributed by atoms with E-state index in [0.29, 0.717) is 18.0 Å². The van der Waals surface area contributed by atoms with Gasteiger partial charge in [0.15, 0.2) is 11.6 Å². The monoisotopic (exact) mass is 268 g/mol. The molecule has 1 N–H and O–H groups in total. The molecule has 1 aromatic rings. The van der Waals surface area contributed by atoms with Crippen molar-refractivity contribution in [3.63, 3.8) is 0 Å². The zero-order chi connectivity index (χ0) is 13.7. The van der Waals surface area contributed by atoms with E-state index in [4.69, 9.17) is 0 Å². The molecule has 0 aliphatic carbocycles. The molecule has 0 radical (unpaired) electrons. The van der Waals surface area contributed by atoms with Crippen molar-refractivity contribution in [2.24, 2.45) is 5.92 Å². The molecule has 1 aliphatic rings. The smallest absolute Gasteiger partial charge is 0.163 e. The highest BCUT2D eigenvalue weighted by atomic mass is 19.2. The molecule has 1 heterocycles. The Kier molecular flexibility index (Phi) is 5.28. The van der Waals surface area contributed by atoms with Crippen LogP contribution in [0.15, 0.2) is 18.2 Å². The Morgan fingerprint density at radius 1 is 1.26 bits per heavy atom. The Morgan fingerprint density at radius 3 is 2.74 bits per heavy atom. The van der Waals surface area contributed by atoms with Crippen LogP contribution in [0.3, 0.4) is 0 Å². The standard InChI is InChI=1S/C15H22F2N2/c1-12(11-19-7-2-3-8-19)9-18-10-13-5-4-6-14(16)15(13)17/h4-6,12,18H,2-3,7-11H2,1H3. The fourth-order valence-electron chi connectivity index (χ4n) is 2.61. The summed E-state index contributed by atoms with van der Waals surface area (Å²) in [5, 5.41) is 3.21. The van der Waals surface area contributed by atoms with Gasteiger partial charge in [-0.2, -0.15) is 0 Å². The summed E-state index contributed by atoms with van der Waals surface area (Å²) >= 11 is 0. The maximum Gasteiger partial charge on any atom is 0.163 e. The van der Waals surface area contributed by atoms with Gasteiger partial charge in [0, 0.05) is 18.7 Å². The highest BCUT2D eigenvalue weighted by Crippen LogP contribution is 2.12. The zero-order valence-electron chi connectivity index (χ0n) is 11.5. The summed E-state index contributed by atoms with van der Waals surface area (Å²) in [5.41, 5.74) is 0.397. The van der Waals surface area contributed by atoms with Crippen LogP contribution in [-0.4, -0.2) is 31.1 Å². The van der Waals surface area contributed by atoms with Crippen molar-refractivity contribution >= 4 is 0 Å². The topological polar surface area (TPSA) is 15.3 Å². The molecular formula is C15H22F2N2. The van der Waals surface area contributed by atoms with Crippen molar-refractivity contribution in [3.05, 3.63) is 35.4 Å². The highest BCUT2D eigenvalue weighted by molar-refractivity contribution is 5.18. The lowest BCUT2D eigenvalue weighted by Crippen LogP contribution is -2.31. The van der Waals surface area contributed by atoms with Gasteiger partial charge < -0.3 is 10.2 Å². The summed E-state index contributed by atoms with van der Waals surface area (Å²) in [6.07, 6.45) is 2.60. The first-order valence-corrected chi connectivity index (χ1v) is 7.03. The number of nitrogens with zero attached hydrogens (tertiary/aromatic N) is 1. The molecule has 1 unspecified atom stereocenters. The average molecular weight is 268 g/mol. The van der Waals surface area contributed by atoms with Gasteiger partial charge in [-0.05, 0) is 44.5 Å². The molecule has 2 nitrogen and oxygen atoms in total. The summed E-state index contributed by atoms with van der Waals surface area (Å²) in [6, 6.07) is 4.31. The van der Waals surface area contributed by atoms with Crippen molar-refractivity contribution < 1.29 is 8.78 Å². The summed E-state index contributed by atoms with van der Waals surface area (Å²) in [4.78, 5) is 2.47. The maximum atomic E-state index is 13.4. The molecule has 1 atom stereocenters. The van der Waals surface area contributed by atoms with E-state index in [9.17, 15) is 8.78 Å². The third-order valence-corrected chi connectivity index (χ3v) is 3.61. The number of nitrogens with one attached hydrogen (secondary N) is 1. The van der Waals surface area contributed by atoms with E-state index in [2.05, 4.69) is 17.1 Å². The van der Waals surface area contributed by atoms with Crippen LogP contribution in [0.1, 0.15) is 25.3 Å². The number of benzene rings is 1. The van der Waals surface area contributed by atoms with Gasteiger partial charge in [0.1, 0.15) is 0 Å². The van der Waals surface area contributed by atoms with Crippen LogP contribution in [0, 0.1) is 17.6 Å². The molecule has 1 saturated heterocycles. The number of hydrogen-bond acceptors (Lipinski definition) is 2. The van der Waals surface area contributed by atoms with Crippen LogP contribution in [0.25, 0.3) is 0 Å². The Hall–Kier alpha value is -1.00. The number of hydrogen-bond donors (Lipinski definition) is 1. The third kappa shape index (κ3) is 4.25. The van der Waals surface area contributed by atoms with E-state index >= 15 is 0 Å². The molecule has 106 valence electrons. The molecule has 0 aromatic heterocycles. The maximum absolute atomic E-state index is 13.4. The predicted octanol–water partition coefficient (Wildman–Crippen LogP) is 2.79. The minimum Gasteiger partial charge on any atom is -0.312 e. The molecule has 2 rings (SSSR count). The van der Waals surface area contributed by atoms with Crippen molar-refractivity contribution in [1.29, 1.82) is 0 Å². The highest BCUT2D eigenvalue weighted by Gasteiger charge is 2.14. The number of rotatable bonds is 6. The van der Waals surface area contributed by atoms with Crippen molar-refractivity contribution in [2.75, 3.05) is 26.2 Å². The molecule has 1 fully saturated rings. The first-order chi connectivity index (χ1) is 9.16. The number of halogens is 2. The van der Waals surface area contributed by atoms with Crippen molar-refractivity contribution in [3.8, 4) is 0 Å². The fraction of sp³-hybridized carbons (Fsp3) is 0.600. The van der Waals surface area contributed by atoms with Crippen LogP contribution in [-0.2, 0) is 6.54 Å². The Bertz CT molecular complexity index is 403. The van der Waals surface area contributed by atoms with Crippen LogP contribution < -0.4 is 5.32 Å². The van der Waals surface area contributed by atoms with Gasteiger partial charge >= 0.3 is 0 Å². The normalized spacial score (nSPS) is 17.8. The van der Waals surface area contributed by atoms with E-state index < -0.39 is 11.6 Å². The molecule has 1 aliphatic heterocycles. The molecule has 0 amide bonds. The second-order valence-corrected chi connectivity index (χ2v) is 5.46. The van der Waals surface area contributed by atoms with Gasteiger partial charge in [-0.15, -0.1) is 0 Å². The van der Waals surface area contributed by atoms with E-state index in [1.165, 1.54) is 25.9 Å². The average Bonchev–Trinajstić information content (AvgIpc) is 2.87. The first-order valence-electron chi connectivity index (χ1n) is 7.03. The minimum absolute atomic E-state index is 0.383. The Balaban J connectivity index is 1.72. The first kappa shape index (κ1) is 14.4. The van der Waals surface area contributed by atoms with Crippen LogP contribution in [0.4, 0.5) is 8.78 Å². The number of likely N-dealkylation sites (tertiary alicyclic amines) is 1.